The van der Waals surface area contributed by atoms with Crippen LogP contribution in [-0.4, -0.2) is 37.8 Å². The maximum absolute atomic E-state index is 12.7. The lowest BCUT2D eigenvalue weighted by Gasteiger charge is -2.08. The van der Waals surface area contributed by atoms with Gasteiger partial charge in [0.25, 0.3) is 0 Å². The number of aromatic carboxylic acids is 1. The van der Waals surface area contributed by atoms with Gasteiger partial charge in [0.05, 0.1) is 17.6 Å². The minimum atomic E-state index is -1.25. The van der Waals surface area contributed by atoms with Gasteiger partial charge in [0.1, 0.15) is 0 Å². The van der Waals surface area contributed by atoms with E-state index in [-0.39, 0.29) is 12.3 Å². The predicted octanol–water partition coefficient (Wildman–Crippen LogP) is 2.03. The number of carboxylic acids is 1. The molecule has 25 heavy (non-hydrogen) atoms. The van der Waals surface area contributed by atoms with Crippen LogP contribution in [0.15, 0.2) is 35.1 Å². The SMILES string of the molecule is CCOC(=O)/C=C\n1c(=O)n2nc(C(=O)O)cc2c2ccc(Cl)cc21. The van der Waals surface area contributed by atoms with Gasteiger partial charge < -0.3 is 9.84 Å². The Morgan fingerprint density at radius 2 is 2.08 bits per heavy atom. The minimum absolute atomic E-state index is 0.199. The number of hydrogen-bond acceptors (Lipinski definition) is 5. The third-order valence-corrected chi connectivity index (χ3v) is 3.69. The van der Waals surface area contributed by atoms with E-state index in [4.69, 9.17) is 21.4 Å². The predicted molar refractivity (Wildman–Crippen MR) is 90.9 cm³/mol. The lowest BCUT2D eigenvalue weighted by molar-refractivity contribution is -0.137. The van der Waals surface area contributed by atoms with Gasteiger partial charge in [-0.1, -0.05) is 11.6 Å². The zero-order valence-corrected chi connectivity index (χ0v) is 13.7. The number of nitrogens with zero attached hydrogens (tertiary/aromatic N) is 3. The summed E-state index contributed by atoms with van der Waals surface area (Å²) in [6.07, 6.45) is 2.33. The summed E-state index contributed by atoms with van der Waals surface area (Å²) >= 11 is 6.01. The van der Waals surface area contributed by atoms with E-state index in [1.807, 2.05) is 0 Å². The van der Waals surface area contributed by atoms with Crippen molar-refractivity contribution in [1.29, 1.82) is 0 Å². The number of hydrogen-bond donors (Lipinski definition) is 1. The zero-order chi connectivity index (χ0) is 18.1. The molecule has 0 saturated carbocycles. The van der Waals surface area contributed by atoms with Crippen molar-refractivity contribution in [1.82, 2.24) is 14.2 Å². The van der Waals surface area contributed by atoms with Crippen molar-refractivity contribution in [2.75, 3.05) is 6.61 Å². The van der Waals surface area contributed by atoms with Gasteiger partial charge in [0.2, 0.25) is 0 Å². The second-order valence-electron chi connectivity index (χ2n) is 5.01. The Hall–Kier alpha value is -3.13. The molecule has 0 aliphatic rings. The summed E-state index contributed by atoms with van der Waals surface area (Å²) < 4.78 is 6.92. The maximum Gasteiger partial charge on any atom is 0.356 e. The highest BCUT2D eigenvalue weighted by molar-refractivity contribution is 6.31. The van der Waals surface area contributed by atoms with Crippen molar-refractivity contribution < 1.29 is 19.4 Å². The molecule has 9 heteroatoms. The number of fused-ring (bicyclic) bond motifs is 3. The van der Waals surface area contributed by atoms with E-state index in [1.54, 1.807) is 25.1 Å². The van der Waals surface area contributed by atoms with Gasteiger partial charge >= 0.3 is 17.6 Å². The molecular weight excluding hydrogens is 350 g/mol. The van der Waals surface area contributed by atoms with E-state index in [0.29, 0.717) is 21.4 Å². The first-order chi connectivity index (χ1) is 11.9. The number of benzene rings is 1. The Balaban J connectivity index is 2.35. The molecule has 0 unspecified atom stereocenters. The molecule has 3 rings (SSSR count). The number of carbonyl (C=O) groups excluding carboxylic acids is 1. The Kier molecular flexibility index (Phi) is 4.28. The fourth-order valence-corrected chi connectivity index (χ4v) is 2.59. The maximum atomic E-state index is 12.7. The number of carbonyl (C=O) groups is 2. The molecule has 3 aromatic rings. The second-order valence-corrected chi connectivity index (χ2v) is 5.45. The van der Waals surface area contributed by atoms with Crippen LogP contribution in [0.5, 0.6) is 0 Å². The van der Waals surface area contributed by atoms with Crippen molar-refractivity contribution in [3.05, 3.63) is 51.5 Å². The van der Waals surface area contributed by atoms with Crippen LogP contribution in [0.3, 0.4) is 0 Å². The van der Waals surface area contributed by atoms with Gasteiger partial charge in [-0.3, -0.25) is 4.57 Å². The molecule has 0 atom stereocenters. The van der Waals surface area contributed by atoms with Crippen molar-refractivity contribution >= 4 is 46.2 Å². The quantitative estimate of drug-likeness (QED) is 0.563. The summed E-state index contributed by atoms with van der Waals surface area (Å²) in [6, 6.07) is 6.11. The van der Waals surface area contributed by atoms with Crippen LogP contribution in [0, 0.1) is 0 Å². The van der Waals surface area contributed by atoms with Crippen LogP contribution in [0.2, 0.25) is 5.02 Å². The monoisotopic (exact) mass is 361 g/mol. The van der Waals surface area contributed by atoms with E-state index < -0.39 is 17.6 Å². The molecule has 0 aliphatic carbocycles. The van der Waals surface area contributed by atoms with E-state index in [1.165, 1.54) is 12.3 Å². The number of rotatable bonds is 4. The van der Waals surface area contributed by atoms with Crippen molar-refractivity contribution in [3.8, 4) is 0 Å². The first-order valence-electron chi connectivity index (χ1n) is 7.24. The molecule has 2 aromatic heterocycles. The number of carboxylic acid groups (broad SMARTS) is 1. The van der Waals surface area contributed by atoms with Crippen LogP contribution in [0.1, 0.15) is 17.4 Å². The van der Waals surface area contributed by atoms with E-state index in [0.717, 1.165) is 15.2 Å². The smallest absolute Gasteiger partial charge is 0.356 e. The standard InChI is InChI=1S/C16H12ClN3O5/c1-2-25-14(21)5-6-19-12-7-9(17)3-4-10(12)13-8-11(15(22)23)18-20(13)16(19)24/h3-8H,2H2,1H3,(H,22,23)/b6-5-. The van der Waals surface area contributed by atoms with Crippen LogP contribution in [-0.2, 0) is 9.53 Å². The molecule has 0 radical (unpaired) electrons. The third kappa shape index (κ3) is 2.99. The highest BCUT2D eigenvalue weighted by Crippen LogP contribution is 2.23. The fraction of sp³-hybridized carbons (Fsp3) is 0.125. The molecule has 0 saturated heterocycles. The first-order valence-corrected chi connectivity index (χ1v) is 7.62. The number of esters is 1. The number of halogens is 1. The molecular formula is C16H12ClN3O5. The molecule has 0 aliphatic heterocycles. The largest absolute Gasteiger partial charge is 0.476 e. The van der Waals surface area contributed by atoms with E-state index >= 15 is 0 Å². The number of ether oxygens (including phenoxy) is 1. The van der Waals surface area contributed by atoms with Gasteiger partial charge in [-0.2, -0.15) is 9.61 Å². The Morgan fingerprint density at radius 1 is 1.32 bits per heavy atom. The normalized spacial score (nSPS) is 11.4. The minimum Gasteiger partial charge on any atom is -0.476 e. The van der Waals surface area contributed by atoms with Crippen molar-refractivity contribution in [2.45, 2.75) is 6.92 Å². The Labute approximate surface area is 145 Å². The molecule has 0 spiro atoms. The summed E-state index contributed by atoms with van der Waals surface area (Å²) in [5.74, 6) is -1.87. The molecule has 0 fully saturated rings. The van der Waals surface area contributed by atoms with Crippen LogP contribution in [0.4, 0.5) is 0 Å². The second kappa shape index (κ2) is 6.40. The van der Waals surface area contributed by atoms with Gasteiger partial charge in [-0.15, -0.1) is 0 Å². The lowest BCUT2D eigenvalue weighted by Crippen LogP contribution is -2.25. The van der Waals surface area contributed by atoms with Gasteiger partial charge in [-0.05, 0) is 31.2 Å². The Morgan fingerprint density at radius 3 is 2.76 bits per heavy atom. The average Bonchev–Trinajstić information content (AvgIpc) is 3.01. The van der Waals surface area contributed by atoms with Gasteiger partial charge in [-0.25, -0.2) is 14.4 Å². The summed E-state index contributed by atoms with van der Waals surface area (Å²) in [7, 11) is 0. The molecule has 8 nitrogen and oxygen atoms in total. The van der Waals surface area contributed by atoms with E-state index in [9.17, 15) is 14.4 Å². The molecule has 1 aromatic carbocycles. The third-order valence-electron chi connectivity index (χ3n) is 3.46. The Bertz CT molecular complexity index is 1100. The highest BCUT2D eigenvalue weighted by Gasteiger charge is 2.16. The van der Waals surface area contributed by atoms with Gasteiger partial charge in [0, 0.05) is 22.7 Å². The van der Waals surface area contributed by atoms with Crippen molar-refractivity contribution in [3.63, 3.8) is 0 Å². The van der Waals surface area contributed by atoms with Gasteiger partial charge in [0.15, 0.2) is 5.69 Å². The zero-order valence-electron chi connectivity index (χ0n) is 13.0. The topological polar surface area (TPSA) is 103 Å². The molecule has 0 bridgehead atoms. The fourth-order valence-electron chi connectivity index (χ4n) is 2.42. The molecule has 2 heterocycles. The first kappa shape index (κ1) is 16.7. The van der Waals surface area contributed by atoms with Crippen LogP contribution in [0.25, 0.3) is 22.6 Å². The van der Waals surface area contributed by atoms with Crippen molar-refractivity contribution in [2.24, 2.45) is 0 Å². The lowest BCUT2D eigenvalue weighted by atomic mass is 10.2. The molecule has 0 amide bonds. The number of aromatic nitrogens is 3. The summed E-state index contributed by atoms with van der Waals surface area (Å²) in [6.45, 7) is 1.86. The average molecular weight is 362 g/mol. The molecule has 1 N–H and O–H groups in total. The summed E-state index contributed by atoms with van der Waals surface area (Å²) in [5, 5.41) is 13.9. The highest BCUT2D eigenvalue weighted by atomic mass is 35.5. The van der Waals surface area contributed by atoms with Crippen LogP contribution >= 0.6 is 11.6 Å². The van der Waals surface area contributed by atoms with Crippen LogP contribution < -0.4 is 5.69 Å². The summed E-state index contributed by atoms with van der Waals surface area (Å²) in [5.41, 5.74) is -0.171. The summed E-state index contributed by atoms with van der Waals surface area (Å²) in [4.78, 5) is 35.4. The van der Waals surface area contributed by atoms with E-state index in [2.05, 4.69) is 5.10 Å². The molecule has 128 valence electrons.